The molecule has 0 bridgehead atoms. The maximum Gasteiger partial charge on any atom is 0.573 e. The standard InChI is InChI=1S/C9H6BrF3INO3/c1-17-8(16)6-4(2-10)7(5(14)3-15-6)18-9(11,12)13/h3H,2H2,1H3. The molecule has 0 atom stereocenters. The molecule has 9 heteroatoms. The van der Waals surface area contributed by atoms with Crippen molar-refractivity contribution in [3.63, 3.8) is 0 Å². The molecule has 1 rings (SSSR count). The number of nitrogens with zero attached hydrogens (tertiary/aromatic N) is 1. The fourth-order valence-electron chi connectivity index (χ4n) is 1.13. The Kier molecular flexibility index (Phi) is 5.20. The van der Waals surface area contributed by atoms with Crippen molar-refractivity contribution in [1.29, 1.82) is 0 Å². The molecular weight excluding hydrogens is 434 g/mol. The number of hydrogen-bond donors (Lipinski definition) is 0. The van der Waals surface area contributed by atoms with Gasteiger partial charge in [-0.3, -0.25) is 0 Å². The lowest BCUT2D eigenvalue weighted by Crippen LogP contribution is -2.20. The number of hydrogen-bond acceptors (Lipinski definition) is 4. The first-order chi connectivity index (χ1) is 8.30. The third kappa shape index (κ3) is 3.70. The van der Waals surface area contributed by atoms with Gasteiger partial charge in [-0.25, -0.2) is 9.78 Å². The molecule has 0 saturated carbocycles. The molecule has 0 aliphatic heterocycles. The highest BCUT2D eigenvalue weighted by molar-refractivity contribution is 14.1. The van der Waals surface area contributed by atoms with Gasteiger partial charge in [-0.15, -0.1) is 13.2 Å². The van der Waals surface area contributed by atoms with Crippen LogP contribution >= 0.6 is 38.5 Å². The molecule has 1 aromatic rings. The lowest BCUT2D eigenvalue weighted by molar-refractivity contribution is -0.275. The van der Waals surface area contributed by atoms with Crippen LogP contribution in [0, 0.1) is 3.57 Å². The zero-order valence-corrected chi connectivity index (χ0v) is 12.6. The number of alkyl halides is 4. The van der Waals surface area contributed by atoms with Gasteiger partial charge in [0, 0.05) is 17.1 Å². The van der Waals surface area contributed by atoms with Crippen LogP contribution in [0.3, 0.4) is 0 Å². The lowest BCUT2D eigenvalue weighted by Gasteiger charge is -2.15. The summed E-state index contributed by atoms with van der Waals surface area (Å²) in [6, 6.07) is 0. The number of esters is 1. The second kappa shape index (κ2) is 6.04. The van der Waals surface area contributed by atoms with E-state index in [1.807, 2.05) is 0 Å². The molecule has 1 aromatic heterocycles. The average Bonchev–Trinajstić information content (AvgIpc) is 2.29. The first-order valence-electron chi connectivity index (χ1n) is 4.37. The maximum atomic E-state index is 12.3. The smallest absolute Gasteiger partial charge is 0.464 e. The van der Waals surface area contributed by atoms with Gasteiger partial charge in [0.15, 0.2) is 11.4 Å². The number of carbonyl (C=O) groups excluding carboxylic acids is 1. The number of ether oxygens (including phenoxy) is 2. The van der Waals surface area contributed by atoms with Crippen LogP contribution in [-0.2, 0) is 10.1 Å². The summed E-state index contributed by atoms with van der Waals surface area (Å²) in [5.41, 5.74) is -0.222. The van der Waals surface area contributed by atoms with E-state index in [0.717, 1.165) is 13.3 Å². The molecule has 0 unspecified atom stereocenters. The van der Waals surface area contributed by atoms with Crippen LogP contribution < -0.4 is 4.74 Å². The zero-order chi connectivity index (χ0) is 13.9. The SMILES string of the molecule is COC(=O)c1ncc(I)c(OC(F)(F)F)c1CBr. The molecule has 0 saturated heterocycles. The number of halogens is 5. The van der Waals surface area contributed by atoms with Crippen LogP contribution in [0.4, 0.5) is 13.2 Å². The first kappa shape index (κ1) is 15.5. The van der Waals surface area contributed by atoms with Gasteiger partial charge in [-0.1, -0.05) is 15.9 Å². The fraction of sp³-hybridized carbons (Fsp3) is 0.333. The van der Waals surface area contributed by atoms with E-state index in [4.69, 9.17) is 0 Å². The van der Waals surface area contributed by atoms with Crippen molar-refractivity contribution in [2.24, 2.45) is 0 Å². The van der Waals surface area contributed by atoms with Crippen molar-refractivity contribution < 1.29 is 27.4 Å². The summed E-state index contributed by atoms with van der Waals surface area (Å²) >= 11 is 4.64. The maximum absolute atomic E-state index is 12.3. The number of methoxy groups -OCH3 is 1. The van der Waals surface area contributed by atoms with Crippen LogP contribution in [0.25, 0.3) is 0 Å². The third-order valence-electron chi connectivity index (χ3n) is 1.81. The number of aromatic nitrogens is 1. The molecule has 0 aliphatic rings. The predicted octanol–water partition coefficient (Wildman–Crippen LogP) is 3.27. The molecule has 0 spiro atoms. The second-order valence-corrected chi connectivity index (χ2v) is 4.66. The minimum absolute atomic E-state index is 0.00826. The van der Waals surface area contributed by atoms with E-state index in [-0.39, 0.29) is 20.2 Å². The van der Waals surface area contributed by atoms with E-state index < -0.39 is 18.1 Å². The molecule has 0 amide bonds. The Morgan fingerprint density at radius 3 is 2.61 bits per heavy atom. The quantitative estimate of drug-likeness (QED) is 0.412. The van der Waals surface area contributed by atoms with E-state index in [1.54, 1.807) is 22.6 Å². The summed E-state index contributed by atoms with van der Waals surface area (Å²) in [6.45, 7) is 0. The summed E-state index contributed by atoms with van der Waals surface area (Å²) in [7, 11) is 1.12. The Balaban J connectivity index is 3.35. The molecular formula is C9H6BrF3INO3. The van der Waals surface area contributed by atoms with Crippen LogP contribution in [0.15, 0.2) is 6.20 Å². The summed E-state index contributed by atoms with van der Waals surface area (Å²) in [5.74, 6) is -1.27. The van der Waals surface area contributed by atoms with Crippen molar-refractivity contribution in [2.75, 3.05) is 7.11 Å². The normalized spacial score (nSPS) is 11.2. The third-order valence-corrected chi connectivity index (χ3v) is 3.14. The summed E-state index contributed by atoms with van der Waals surface area (Å²) in [5, 5.41) is -0.0211. The van der Waals surface area contributed by atoms with Crippen molar-refractivity contribution in [3.05, 3.63) is 21.0 Å². The Labute approximate surface area is 122 Å². The summed E-state index contributed by atoms with van der Waals surface area (Å²) < 4.78 is 45.3. The van der Waals surface area contributed by atoms with E-state index in [0.29, 0.717) is 0 Å². The molecule has 0 N–H and O–H groups in total. The molecule has 0 fully saturated rings. The van der Waals surface area contributed by atoms with Crippen LogP contribution in [-0.4, -0.2) is 24.4 Å². The second-order valence-electron chi connectivity index (χ2n) is 2.94. The van der Waals surface area contributed by atoms with Gasteiger partial charge in [0.2, 0.25) is 0 Å². The lowest BCUT2D eigenvalue weighted by atomic mass is 10.2. The van der Waals surface area contributed by atoms with Gasteiger partial charge in [-0.05, 0) is 22.6 Å². The zero-order valence-electron chi connectivity index (χ0n) is 8.85. The van der Waals surface area contributed by atoms with E-state index in [1.165, 1.54) is 0 Å². The number of pyridine rings is 1. The Morgan fingerprint density at radius 1 is 1.56 bits per heavy atom. The number of rotatable bonds is 3. The van der Waals surface area contributed by atoms with Crippen LogP contribution in [0.1, 0.15) is 16.1 Å². The van der Waals surface area contributed by atoms with Crippen molar-refractivity contribution in [3.8, 4) is 5.75 Å². The molecule has 18 heavy (non-hydrogen) atoms. The highest BCUT2D eigenvalue weighted by Crippen LogP contribution is 2.33. The van der Waals surface area contributed by atoms with E-state index in [2.05, 4.69) is 30.4 Å². The van der Waals surface area contributed by atoms with Gasteiger partial charge >= 0.3 is 12.3 Å². The highest BCUT2D eigenvalue weighted by Gasteiger charge is 2.34. The minimum atomic E-state index is -4.84. The topological polar surface area (TPSA) is 48.4 Å². The van der Waals surface area contributed by atoms with Gasteiger partial charge in [0.25, 0.3) is 0 Å². The molecule has 0 aliphatic carbocycles. The first-order valence-corrected chi connectivity index (χ1v) is 6.57. The van der Waals surface area contributed by atoms with E-state index in [9.17, 15) is 18.0 Å². The van der Waals surface area contributed by atoms with E-state index >= 15 is 0 Å². The van der Waals surface area contributed by atoms with Crippen molar-refractivity contribution >= 4 is 44.5 Å². The largest absolute Gasteiger partial charge is 0.573 e. The Morgan fingerprint density at radius 2 is 2.17 bits per heavy atom. The number of carbonyl (C=O) groups is 1. The highest BCUT2D eigenvalue weighted by atomic mass is 127. The molecule has 100 valence electrons. The molecule has 0 aromatic carbocycles. The van der Waals surface area contributed by atoms with Gasteiger partial charge in [0.1, 0.15) is 0 Å². The van der Waals surface area contributed by atoms with Gasteiger partial charge < -0.3 is 9.47 Å². The molecule has 4 nitrogen and oxygen atoms in total. The van der Waals surface area contributed by atoms with Gasteiger partial charge in [0.05, 0.1) is 10.7 Å². The summed E-state index contributed by atoms with van der Waals surface area (Å²) in [4.78, 5) is 15.1. The Bertz CT molecular complexity index is 467. The van der Waals surface area contributed by atoms with Crippen LogP contribution in [0.2, 0.25) is 0 Å². The Hall–Kier alpha value is -0.580. The van der Waals surface area contributed by atoms with Crippen LogP contribution in [0.5, 0.6) is 5.75 Å². The van der Waals surface area contributed by atoms with Crippen molar-refractivity contribution in [2.45, 2.75) is 11.7 Å². The van der Waals surface area contributed by atoms with Crippen molar-refractivity contribution in [1.82, 2.24) is 4.98 Å². The average molecular weight is 440 g/mol. The predicted molar refractivity (Wildman–Crippen MR) is 67.6 cm³/mol. The fourth-order valence-corrected chi connectivity index (χ4v) is 2.23. The monoisotopic (exact) mass is 439 g/mol. The molecule has 0 radical (unpaired) electrons. The summed E-state index contributed by atoms with van der Waals surface area (Å²) in [6.07, 6.45) is -3.73. The van der Waals surface area contributed by atoms with Gasteiger partial charge in [-0.2, -0.15) is 0 Å². The molecule has 1 heterocycles. The minimum Gasteiger partial charge on any atom is -0.464 e.